The minimum Gasteiger partial charge on any atom is -0.496 e. The Kier molecular flexibility index (Phi) is 5.11. The van der Waals surface area contributed by atoms with E-state index in [4.69, 9.17) is 4.74 Å². The summed E-state index contributed by atoms with van der Waals surface area (Å²) in [6, 6.07) is 8.14. The number of anilines is 1. The first-order chi connectivity index (χ1) is 11.7. The summed E-state index contributed by atoms with van der Waals surface area (Å²) < 4.78 is 43.0. The number of nitrogens with one attached hydrogen (secondary N) is 2. The van der Waals surface area contributed by atoms with Crippen molar-refractivity contribution in [2.45, 2.75) is 6.18 Å². The molecule has 0 saturated carbocycles. The van der Waals surface area contributed by atoms with Crippen LogP contribution in [0.5, 0.6) is 5.75 Å². The molecule has 0 aliphatic heterocycles. The third kappa shape index (κ3) is 4.16. The number of amides is 1. The monoisotopic (exact) mass is 355 g/mol. The Balaban J connectivity index is 2.23. The molecule has 132 valence electrons. The molecule has 0 atom stereocenters. The second-order valence-corrected chi connectivity index (χ2v) is 4.77. The molecule has 0 heterocycles. The van der Waals surface area contributed by atoms with Crippen molar-refractivity contribution >= 4 is 17.3 Å². The van der Waals surface area contributed by atoms with Crippen molar-refractivity contribution in [1.29, 1.82) is 0 Å². The van der Waals surface area contributed by atoms with Gasteiger partial charge in [-0.15, -0.1) is 0 Å². The predicted octanol–water partition coefficient (Wildman–Crippen LogP) is 3.38. The summed E-state index contributed by atoms with van der Waals surface area (Å²) in [5.74, 6) is -0.407. The molecule has 0 saturated heterocycles. The summed E-state index contributed by atoms with van der Waals surface area (Å²) in [7, 11) is 1.36. The number of alkyl halides is 3. The number of nitro groups is 1. The second-order valence-electron chi connectivity index (χ2n) is 4.77. The third-order valence-corrected chi connectivity index (χ3v) is 3.18. The summed E-state index contributed by atoms with van der Waals surface area (Å²) in [4.78, 5) is 22.1. The minimum atomic E-state index is -4.72. The molecular formula is C15H12F3N3O4. The molecule has 2 aromatic rings. The highest BCUT2D eigenvalue weighted by Crippen LogP contribution is 2.34. The lowest BCUT2D eigenvalue weighted by Crippen LogP contribution is -2.30. The number of para-hydroxylation sites is 1. The topological polar surface area (TPSA) is 93.5 Å². The van der Waals surface area contributed by atoms with Crippen molar-refractivity contribution in [3.05, 3.63) is 63.7 Å². The molecule has 1 amide bonds. The van der Waals surface area contributed by atoms with Crippen molar-refractivity contribution in [3.8, 4) is 5.75 Å². The van der Waals surface area contributed by atoms with E-state index in [1.807, 2.05) is 0 Å². The highest BCUT2D eigenvalue weighted by molar-refractivity contribution is 5.97. The zero-order chi connectivity index (χ0) is 18.6. The number of benzene rings is 2. The number of ether oxygens (including phenoxy) is 1. The first-order valence-corrected chi connectivity index (χ1v) is 6.79. The van der Waals surface area contributed by atoms with E-state index >= 15 is 0 Å². The maximum Gasteiger partial charge on any atom is 0.416 e. The number of nitrogens with zero attached hydrogens (tertiary/aromatic N) is 1. The molecule has 2 N–H and O–H groups in total. The molecule has 2 rings (SSSR count). The van der Waals surface area contributed by atoms with Crippen LogP contribution in [-0.4, -0.2) is 17.9 Å². The van der Waals surface area contributed by atoms with Crippen LogP contribution >= 0.6 is 0 Å². The summed E-state index contributed by atoms with van der Waals surface area (Å²) in [5, 5.41) is 11.0. The van der Waals surface area contributed by atoms with E-state index in [1.54, 1.807) is 12.1 Å². The van der Waals surface area contributed by atoms with Crippen LogP contribution in [0.1, 0.15) is 15.9 Å². The number of hydrogen-bond donors (Lipinski definition) is 2. The Bertz CT molecular complexity index is 809. The highest BCUT2D eigenvalue weighted by Gasteiger charge is 2.33. The molecule has 0 bridgehead atoms. The average Bonchev–Trinajstić information content (AvgIpc) is 2.58. The molecule has 0 aliphatic rings. The molecular weight excluding hydrogens is 343 g/mol. The van der Waals surface area contributed by atoms with Gasteiger partial charge in [-0.2, -0.15) is 13.2 Å². The number of carbonyl (C=O) groups is 1. The van der Waals surface area contributed by atoms with Gasteiger partial charge in [-0.3, -0.25) is 25.8 Å². The van der Waals surface area contributed by atoms with Gasteiger partial charge in [0.05, 0.1) is 23.2 Å². The smallest absolute Gasteiger partial charge is 0.416 e. The van der Waals surface area contributed by atoms with Crippen LogP contribution in [0.3, 0.4) is 0 Å². The van der Waals surface area contributed by atoms with Crippen LogP contribution in [0.15, 0.2) is 42.5 Å². The van der Waals surface area contributed by atoms with E-state index in [1.165, 1.54) is 19.2 Å². The molecule has 0 unspecified atom stereocenters. The number of halogens is 3. The van der Waals surface area contributed by atoms with Gasteiger partial charge in [-0.1, -0.05) is 12.1 Å². The number of rotatable bonds is 5. The van der Waals surface area contributed by atoms with Crippen molar-refractivity contribution in [1.82, 2.24) is 5.43 Å². The fourth-order valence-corrected chi connectivity index (χ4v) is 1.99. The molecule has 25 heavy (non-hydrogen) atoms. The zero-order valence-electron chi connectivity index (χ0n) is 12.8. The molecule has 10 heteroatoms. The van der Waals surface area contributed by atoms with Crippen LogP contribution < -0.4 is 15.6 Å². The Morgan fingerprint density at radius 3 is 2.48 bits per heavy atom. The van der Waals surface area contributed by atoms with Gasteiger partial charge >= 0.3 is 6.18 Å². The van der Waals surface area contributed by atoms with E-state index in [0.717, 1.165) is 6.07 Å². The van der Waals surface area contributed by atoms with Gasteiger partial charge in [0.15, 0.2) is 0 Å². The van der Waals surface area contributed by atoms with Gasteiger partial charge in [-0.05, 0) is 24.3 Å². The van der Waals surface area contributed by atoms with Crippen LogP contribution in [0, 0.1) is 10.1 Å². The number of hydrazine groups is 1. The van der Waals surface area contributed by atoms with E-state index in [2.05, 4.69) is 10.9 Å². The predicted molar refractivity (Wildman–Crippen MR) is 82.2 cm³/mol. The van der Waals surface area contributed by atoms with Gasteiger partial charge in [0.1, 0.15) is 11.4 Å². The SMILES string of the molecule is COc1ccccc1C(=O)NNc1ccc(C(F)(F)F)cc1[N+](=O)[O-]. The lowest BCUT2D eigenvalue weighted by molar-refractivity contribution is -0.384. The van der Waals surface area contributed by atoms with Gasteiger partial charge < -0.3 is 4.74 Å². The lowest BCUT2D eigenvalue weighted by atomic mass is 10.1. The quantitative estimate of drug-likeness (QED) is 0.633. The number of hydrogen-bond acceptors (Lipinski definition) is 5. The molecule has 0 fully saturated rings. The average molecular weight is 355 g/mol. The van der Waals surface area contributed by atoms with Gasteiger partial charge in [0.25, 0.3) is 11.6 Å². The first-order valence-electron chi connectivity index (χ1n) is 6.79. The van der Waals surface area contributed by atoms with Crippen molar-refractivity contribution < 1.29 is 27.6 Å². The van der Waals surface area contributed by atoms with Crippen LogP contribution in [-0.2, 0) is 6.18 Å². The molecule has 2 aromatic carbocycles. The summed E-state index contributed by atoms with van der Waals surface area (Å²) in [6.07, 6.45) is -4.72. The van der Waals surface area contributed by atoms with E-state index in [9.17, 15) is 28.1 Å². The normalized spacial score (nSPS) is 10.9. The molecule has 0 radical (unpaired) electrons. The maximum absolute atomic E-state index is 12.7. The van der Waals surface area contributed by atoms with E-state index in [-0.39, 0.29) is 17.0 Å². The first kappa shape index (κ1) is 18.0. The third-order valence-electron chi connectivity index (χ3n) is 3.18. The van der Waals surface area contributed by atoms with E-state index in [0.29, 0.717) is 12.1 Å². The molecule has 0 aromatic heterocycles. The number of nitro benzene ring substituents is 1. The Hall–Kier alpha value is -3.30. The second kappa shape index (κ2) is 7.07. The summed E-state index contributed by atoms with van der Waals surface area (Å²) in [5.41, 5.74) is 2.31. The fraction of sp³-hybridized carbons (Fsp3) is 0.133. The largest absolute Gasteiger partial charge is 0.496 e. The lowest BCUT2D eigenvalue weighted by Gasteiger charge is -2.12. The Morgan fingerprint density at radius 1 is 1.20 bits per heavy atom. The summed E-state index contributed by atoms with van der Waals surface area (Å²) in [6.45, 7) is 0. The van der Waals surface area contributed by atoms with Gasteiger partial charge in [0.2, 0.25) is 0 Å². The van der Waals surface area contributed by atoms with E-state index < -0.39 is 28.3 Å². The number of methoxy groups -OCH3 is 1. The van der Waals surface area contributed by atoms with Gasteiger partial charge in [0, 0.05) is 6.07 Å². The highest BCUT2D eigenvalue weighted by atomic mass is 19.4. The standard InChI is InChI=1S/C15H12F3N3O4/c1-25-13-5-3-2-4-10(13)14(22)20-19-11-7-6-9(15(16,17)18)8-12(11)21(23)24/h2-8,19H,1H3,(H,20,22). The van der Waals surface area contributed by atoms with Gasteiger partial charge in [-0.25, -0.2) is 0 Å². The van der Waals surface area contributed by atoms with Crippen molar-refractivity contribution in [2.75, 3.05) is 12.5 Å². The number of carbonyl (C=O) groups excluding carboxylic acids is 1. The molecule has 0 aliphatic carbocycles. The zero-order valence-corrected chi connectivity index (χ0v) is 12.8. The Morgan fingerprint density at radius 2 is 1.88 bits per heavy atom. The molecule has 7 nitrogen and oxygen atoms in total. The van der Waals surface area contributed by atoms with Crippen molar-refractivity contribution in [3.63, 3.8) is 0 Å². The maximum atomic E-state index is 12.7. The Labute approximate surface area is 139 Å². The molecule has 0 spiro atoms. The van der Waals surface area contributed by atoms with Crippen LogP contribution in [0.25, 0.3) is 0 Å². The van der Waals surface area contributed by atoms with Crippen molar-refractivity contribution in [2.24, 2.45) is 0 Å². The summed E-state index contributed by atoms with van der Waals surface area (Å²) >= 11 is 0. The van der Waals surface area contributed by atoms with Crippen LogP contribution in [0.4, 0.5) is 24.5 Å². The minimum absolute atomic E-state index is 0.145. The van der Waals surface area contributed by atoms with Crippen LogP contribution in [0.2, 0.25) is 0 Å². The fourth-order valence-electron chi connectivity index (χ4n) is 1.99.